The van der Waals surface area contributed by atoms with Crippen LogP contribution in [0.15, 0.2) is 48.5 Å². The van der Waals surface area contributed by atoms with E-state index in [9.17, 15) is 24.5 Å². The normalized spacial score (nSPS) is 18.1. The molecule has 3 aromatic rings. The first-order valence-electron chi connectivity index (χ1n) is 11.4. The minimum atomic E-state index is -1.34. The number of hydrogen-bond acceptors (Lipinski definition) is 8. The third kappa shape index (κ3) is 3.93. The van der Waals surface area contributed by atoms with Crippen LogP contribution in [-0.4, -0.2) is 54.9 Å². The Balaban J connectivity index is 1.67. The summed E-state index contributed by atoms with van der Waals surface area (Å²) in [5.41, 5.74) is -0.250. The number of amides is 3. The van der Waals surface area contributed by atoms with E-state index in [1.165, 1.54) is 50.5 Å². The van der Waals surface area contributed by atoms with Crippen LogP contribution >= 0.6 is 23.2 Å². The van der Waals surface area contributed by atoms with E-state index < -0.39 is 40.4 Å². The molecule has 200 valence electrons. The van der Waals surface area contributed by atoms with Crippen LogP contribution in [0.1, 0.15) is 32.3 Å². The van der Waals surface area contributed by atoms with Gasteiger partial charge in [0.2, 0.25) is 5.75 Å². The first-order valence-corrected chi connectivity index (χ1v) is 12.1. The van der Waals surface area contributed by atoms with Crippen LogP contribution in [0, 0.1) is 10.1 Å². The number of anilines is 1. The van der Waals surface area contributed by atoms with Gasteiger partial charge in [0.15, 0.2) is 11.5 Å². The first-order chi connectivity index (χ1) is 18.6. The molecule has 13 heteroatoms. The third-order valence-corrected chi connectivity index (χ3v) is 7.42. The molecule has 0 spiro atoms. The van der Waals surface area contributed by atoms with Crippen LogP contribution in [0.3, 0.4) is 0 Å². The molecule has 3 aromatic carbocycles. The fourth-order valence-electron chi connectivity index (χ4n) is 4.94. The van der Waals surface area contributed by atoms with Crippen molar-refractivity contribution in [3.8, 4) is 17.2 Å². The number of nitro benzene ring substituents is 1. The Morgan fingerprint density at radius 2 is 1.49 bits per heavy atom. The van der Waals surface area contributed by atoms with Gasteiger partial charge in [0.05, 0.1) is 47.9 Å². The second-order valence-electron chi connectivity index (χ2n) is 8.59. The number of imide groups is 1. The zero-order valence-corrected chi connectivity index (χ0v) is 22.1. The smallest absolute Gasteiger partial charge is 0.282 e. The second kappa shape index (κ2) is 9.75. The number of fused-ring (bicyclic) bond motifs is 1. The van der Waals surface area contributed by atoms with Gasteiger partial charge in [0.1, 0.15) is 11.6 Å². The predicted octanol–water partition coefficient (Wildman–Crippen LogP) is 4.68. The lowest BCUT2D eigenvalue weighted by Crippen LogP contribution is -2.67. The summed E-state index contributed by atoms with van der Waals surface area (Å²) in [5.74, 6) is -1.52. The maximum absolute atomic E-state index is 13.7. The van der Waals surface area contributed by atoms with Crippen molar-refractivity contribution >= 4 is 52.3 Å². The van der Waals surface area contributed by atoms with Crippen LogP contribution in [0.5, 0.6) is 17.2 Å². The Bertz CT molecular complexity index is 1550. The molecule has 11 nitrogen and oxygen atoms in total. The average Bonchev–Trinajstić information content (AvgIpc) is 3.17. The van der Waals surface area contributed by atoms with Crippen molar-refractivity contribution in [2.24, 2.45) is 0 Å². The Kier molecular flexibility index (Phi) is 6.57. The molecule has 2 aliphatic rings. The maximum Gasteiger partial charge on any atom is 0.282 e. The molecule has 3 amide bonds. The molecule has 2 atom stereocenters. The van der Waals surface area contributed by atoms with E-state index in [2.05, 4.69) is 0 Å². The van der Waals surface area contributed by atoms with E-state index in [0.29, 0.717) is 17.0 Å². The highest BCUT2D eigenvalue weighted by Gasteiger charge is 2.58. The quantitative estimate of drug-likeness (QED) is 0.173. The summed E-state index contributed by atoms with van der Waals surface area (Å²) in [6.45, 7) is 0. The zero-order valence-electron chi connectivity index (χ0n) is 20.6. The highest BCUT2D eigenvalue weighted by molar-refractivity contribution is 6.42. The van der Waals surface area contributed by atoms with Gasteiger partial charge in [-0.05, 0) is 42.0 Å². The monoisotopic (exact) mass is 571 g/mol. The first kappa shape index (κ1) is 26.3. The molecular weight excluding hydrogens is 553 g/mol. The van der Waals surface area contributed by atoms with Crippen molar-refractivity contribution in [3.63, 3.8) is 0 Å². The van der Waals surface area contributed by atoms with Crippen LogP contribution in [0.4, 0.5) is 11.4 Å². The lowest BCUT2D eigenvalue weighted by molar-refractivity contribution is -0.385. The van der Waals surface area contributed by atoms with E-state index in [1.807, 2.05) is 0 Å². The number of nitrogens with zero attached hydrogens (tertiary/aromatic N) is 3. The number of rotatable bonds is 7. The molecule has 39 heavy (non-hydrogen) atoms. The van der Waals surface area contributed by atoms with Crippen LogP contribution in [0.2, 0.25) is 10.0 Å². The van der Waals surface area contributed by atoms with Gasteiger partial charge in [-0.25, -0.2) is 0 Å². The summed E-state index contributed by atoms with van der Waals surface area (Å²) in [4.78, 5) is 53.6. The van der Waals surface area contributed by atoms with Gasteiger partial charge in [-0.3, -0.25) is 29.4 Å². The number of benzene rings is 3. The maximum atomic E-state index is 13.7. The van der Waals surface area contributed by atoms with Gasteiger partial charge in [0.25, 0.3) is 23.4 Å². The van der Waals surface area contributed by atoms with E-state index in [4.69, 9.17) is 37.4 Å². The Morgan fingerprint density at radius 3 is 2.05 bits per heavy atom. The highest BCUT2D eigenvalue weighted by Crippen LogP contribution is 2.49. The van der Waals surface area contributed by atoms with Gasteiger partial charge in [-0.15, -0.1) is 0 Å². The number of ether oxygens (including phenoxy) is 3. The van der Waals surface area contributed by atoms with Gasteiger partial charge < -0.3 is 19.1 Å². The van der Waals surface area contributed by atoms with Gasteiger partial charge in [0, 0.05) is 11.8 Å². The molecule has 0 saturated carbocycles. The van der Waals surface area contributed by atoms with Gasteiger partial charge in [-0.2, -0.15) is 0 Å². The molecule has 5 rings (SSSR count). The average molecular weight is 572 g/mol. The minimum absolute atomic E-state index is 0.154. The summed E-state index contributed by atoms with van der Waals surface area (Å²) < 4.78 is 16.3. The van der Waals surface area contributed by atoms with Crippen molar-refractivity contribution < 1.29 is 33.5 Å². The molecule has 2 heterocycles. The Morgan fingerprint density at radius 1 is 0.821 bits per heavy atom. The number of carbonyl (C=O) groups is 3. The van der Waals surface area contributed by atoms with E-state index in [0.717, 1.165) is 11.0 Å². The SMILES string of the molecule is COc1cc([C@H]2[C@@H](N3C(=O)c4cccc([N+](=O)[O-])c4C3=O)C(=O)N2c2ccc(Cl)c(Cl)c2)cc(OC)c1OC. The number of halogens is 2. The number of methoxy groups -OCH3 is 3. The van der Waals surface area contributed by atoms with E-state index in [-0.39, 0.29) is 32.7 Å². The van der Waals surface area contributed by atoms with E-state index >= 15 is 0 Å². The Labute approximate surface area is 231 Å². The fourth-order valence-corrected chi connectivity index (χ4v) is 5.23. The Hall–Kier alpha value is -4.35. The molecule has 1 fully saturated rings. The summed E-state index contributed by atoms with van der Waals surface area (Å²) in [7, 11) is 4.28. The summed E-state index contributed by atoms with van der Waals surface area (Å²) in [5, 5.41) is 12.1. The summed E-state index contributed by atoms with van der Waals surface area (Å²) >= 11 is 12.3. The van der Waals surface area contributed by atoms with Gasteiger partial charge >= 0.3 is 0 Å². The second-order valence-corrected chi connectivity index (χ2v) is 9.41. The van der Waals surface area contributed by atoms with Crippen LogP contribution in [-0.2, 0) is 4.79 Å². The summed E-state index contributed by atoms with van der Waals surface area (Å²) in [6.07, 6.45) is 0. The summed E-state index contributed by atoms with van der Waals surface area (Å²) in [6, 6.07) is 9.24. The predicted molar refractivity (Wildman–Crippen MR) is 140 cm³/mol. The minimum Gasteiger partial charge on any atom is -0.493 e. The molecule has 0 radical (unpaired) electrons. The van der Waals surface area contributed by atoms with Crippen molar-refractivity contribution in [1.82, 2.24) is 4.90 Å². The lowest BCUT2D eigenvalue weighted by atomic mass is 9.86. The van der Waals surface area contributed by atoms with Crippen molar-refractivity contribution in [2.45, 2.75) is 12.1 Å². The molecule has 0 N–H and O–H groups in total. The lowest BCUT2D eigenvalue weighted by Gasteiger charge is -2.49. The number of carbonyl (C=O) groups excluding carboxylic acids is 3. The molecule has 0 bridgehead atoms. The molecule has 2 aliphatic heterocycles. The number of β-lactam (4-membered cyclic amide) rings is 1. The zero-order chi connectivity index (χ0) is 28.2. The van der Waals surface area contributed by atoms with E-state index in [1.54, 1.807) is 18.2 Å². The fraction of sp³-hybridized carbons (Fsp3) is 0.192. The molecule has 0 aromatic heterocycles. The molecular formula is C26H19Cl2N3O8. The third-order valence-electron chi connectivity index (χ3n) is 6.68. The van der Waals surface area contributed by atoms with Gasteiger partial charge in [-0.1, -0.05) is 29.3 Å². The van der Waals surface area contributed by atoms with Crippen LogP contribution < -0.4 is 19.1 Å². The van der Waals surface area contributed by atoms with Crippen molar-refractivity contribution in [1.29, 1.82) is 0 Å². The topological polar surface area (TPSA) is 129 Å². The highest BCUT2D eigenvalue weighted by atomic mass is 35.5. The van der Waals surface area contributed by atoms with Crippen molar-refractivity contribution in [3.05, 3.63) is 85.4 Å². The standard InChI is InChI=1S/C26H19Cl2N3O8/c1-37-18-9-12(10-19(38-2)23(18)39-3)21-22(26(34)29(21)13-7-8-15(27)16(28)11-13)30-24(32)14-5-4-6-17(31(35)36)20(14)25(30)33/h4-11,21-22H,1-3H3/t21-,22+/m0/s1. The molecule has 1 saturated heterocycles. The number of nitro groups is 1. The largest absolute Gasteiger partial charge is 0.493 e. The van der Waals surface area contributed by atoms with Crippen molar-refractivity contribution in [2.75, 3.05) is 26.2 Å². The van der Waals surface area contributed by atoms with Crippen LogP contribution in [0.25, 0.3) is 0 Å². The number of hydrogen-bond donors (Lipinski definition) is 0. The molecule has 0 unspecified atom stereocenters. The molecule has 0 aliphatic carbocycles.